The van der Waals surface area contributed by atoms with Crippen molar-refractivity contribution in [3.8, 4) is 0 Å². The van der Waals surface area contributed by atoms with E-state index >= 15 is 0 Å². The second-order valence-corrected chi connectivity index (χ2v) is 3.70. The molecule has 0 aromatic rings. The Bertz CT molecular complexity index is 187. The van der Waals surface area contributed by atoms with Crippen molar-refractivity contribution in [3.63, 3.8) is 0 Å². The van der Waals surface area contributed by atoms with Gasteiger partial charge in [0.2, 0.25) is 5.91 Å². The van der Waals surface area contributed by atoms with Crippen LogP contribution in [0.2, 0.25) is 0 Å². The van der Waals surface area contributed by atoms with Crippen molar-refractivity contribution >= 4 is 5.91 Å². The Morgan fingerprint density at radius 3 is 2.17 bits per heavy atom. The van der Waals surface area contributed by atoms with E-state index in [1.54, 1.807) is 6.92 Å². The Morgan fingerprint density at radius 1 is 1.58 bits per heavy atom. The molecular formula is C8H16N2O2. The maximum atomic E-state index is 11.0. The number of aliphatic hydroxyl groups is 1. The van der Waals surface area contributed by atoms with Gasteiger partial charge in [0.25, 0.3) is 0 Å². The van der Waals surface area contributed by atoms with E-state index in [0.29, 0.717) is 12.8 Å². The van der Waals surface area contributed by atoms with Crippen molar-refractivity contribution in [2.45, 2.75) is 37.8 Å². The third-order valence-corrected chi connectivity index (χ3v) is 2.63. The van der Waals surface area contributed by atoms with Crippen LogP contribution in [0.4, 0.5) is 0 Å². The highest BCUT2D eigenvalue weighted by Crippen LogP contribution is 2.39. The molecule has 1 saturated carbocycles. The fourth-order valence-corrected chi connectivity index (χ4v) is 1.86. The monoisotopic (exact) mass is 172 g/mol. The summed E-state index contributed by atoms with van der Waals surface area (Å²) in [4.78, 5) is 11.0. The highest BCUT2D eigenvalue weighted by molar-refractivity contribution is 5.78. The second kappa shape index (κ2) is 3.03. The van der Waals surface area contributed by atoms with Crippen LogP contribution in [0.1, 0.15) is 26.2 Å². The molecule has 0 heterocycles. The highest BCUT2D eigenvalue weighted by atomic mass is 16.3. The fourth-order valence-electron chi connectivity index (χ4n) is 1.86. The van der Waals surface area contributed by atoms with E-state index in [-0.39, 0.29) is 6.04 Å². The number of carbonyl (C=O) groups excluding carboxylic acids is 1. The van der Waals surface area contributed by atoms with E-state index in [4.69, 9.17) is 11.5 Å². The molecule has 0 saturated heterocycles. The first-order valence-corrected chi connectivity index (χ1v) is 4.24. The largest absolute Gasteiger partial charge is 0.389 e. The average molecular weight is 172 g/mol. The molecule has 1 aliphatic carbocycles. The predicted molar refractivity (Wildman–Crippen MR) is 45.1 cm³/mol. The highest BCUT2D eigenvalue weighted by Gasteiger charge is 2.46. The molecule has 0 bridgehead atoms. The average Bonchev–Trinajstić information content (AvgIpc) is 1.82. The van der Waals surface area contributed by atoms with Crippen molar-refractivity contribution in [2.75, 3.05) is 0 Å². The van der Waals surface area contributed by atoms with E-state index < -0.39 is 17.4 Å². The summed E-state index contributed by atoms with van der Waals surface area (Å²) in [5.74, 6) is -1.08. The summed E-state index contributed by atoms with van der Waals surface area (Å²) >= 11 is 0. The summed E-state index contributed by atoms with van der Waals surface area (Å²) in [6.45, 7) is 1.70. The van der Waals surface area contributed by atoms with Crippen molar-refractivity contribution in [2.24, 2.45) is 17.4 Å². The minimum Gasteiger partial charge on any atom is -0.389 e. The standard InChI is InChI=1S/C8H16N2O2/c1-5(9)6(7(10)11)8(12)3-2-4-8/h5-6,12H,2-4,9H2,1H3,(H2,10,11). The molecule has 5 N–H and O–H groups in total. The van der Waals surface area contributed by atoms with E-state index in [2.05, 4.69) is 0 Å². The minimum atomic E-state index is -0.917. The predicted octanol–water partition coefficient (Wildman–Crippen LogP) is -0.650. The van der Waals surface area contributed by atoms with Crippen molar-refractivity contribution in [1.82, 2.24) is 0 Å². The van der Waals surface area contributed by atoms with Gasteiger partial charge in [0.1, 0.15) is 0 Å². The number of carbonyl (C=O) groups is 1. The SMILES string of the molecule is CC(N)C(C(N)=O)C1(O)CCC1. The molecule has 70 valence electrons. The summed E-state index contributed by atoms with van der Waals surface area (Å²) in [7, 11) is 0. The number of hydrogen-bond acceptors (Lipinski definition) is 3. The maximum Gasteiger partial charge on any atom is 0.225 e. The molecule has 12 heavy (non-hydrogen) atoms. The molecule has 1 fully saturated rings. The molecule has 0 spiro atoms. The normalized spacial score (nSPS) is 25.6. The Balaban J connectivity index is 2.71. The van der Waals surface area contributed by atoms with Crippen molar-refractivity contribution in [3.05, 3.63) is 0 Å². The van der Waals surface area contributed by atoms with Gasteiger partial charge >= 0.3 is 0 Å². The van der Waals surface area contributed by atoms with Crippen LogP contribution in [0, 0.1) is 5.92 Å². The summed E-state index contributed by atoms with van der Waals surface area (Å²) in [6.07, 6.45) is 2.23. The van der Waals surface area contributed by atoms with Gasteiger partial charge in [-0.15, -0.1) is 0 Å². The Morgan fingerprint density at radius 2 is 2.08 bits per heavy atom. The first-order valence-electron chi connectivity index (χ1n) is 4.24. The molecule has 0 aliphatic heterocycles. The van der Waals surface area contributed by atoms with E-state index in [1.807, 2.05) is 0 Å². The first kappa shape index (κ1) is 9.48. The number of nitrogens with two attached hydrogens (primary N) is 2. The number of rotatable bonds is 3. The molecule has 1 rings (SSSR count). The summed E-state index contributed by atoms with van der Waals surface area (Å²) in [5, 5.41) is 9.83. The molecule has 1 aliphatic rings. The number of hydrogen-bond donors (Lipinski definition) is 3. The lowest BCUT2D eigenvalue weighted by atomic mass is 9.68. The van der Waals surface area contributed by atoms with Gasteiger partial charge in [-0.1, -0.05) is 0 Å². The lowest BCUT2D eigenvalue weighted by Crippen LogP contribution is -2.56. The van der Waals surface area contributed by atoms with Gasteiger partial charge in [-0.05, 0) is 26.2 Å². The van der Waals surface area contributed by atoms with Crippen molar-refractivity contribution in [1.29, 1.82) is 0 Å². The van der Waals surface area contributed by atoms with Gasteiger partial charge in [-0.25, -0.2) is 0 Å². The van der Waals surface area contributed by atoms with Crippen LogP contribution >= 0.6 is 0 Å². The molecular weight excluding hydrogens is 156 g/mol. The number of primary amides is 1. The fraction of sp³-hybridized carbons (Fsp3) is 0.875. The van der Waals surface area contributed by atoms with Gasteiger partial charge in [0.15, 0.2) is 0 Å². The lowest BCUT2D eigenvalue weighted by molar-refractivity contribution is -0.142. The molecule has 4 heteroatoms. The zero-order valence-corrected chi connectivity index (χ0v) is 7.29. The van der Waals surface area contributed by atoms with Gasteiger partial charge in [-0.2, -0.15) is 0 Å². The number of amides is 1. The Kier molecular flexibility index (Phi) is 2.39. The molecule has 2 unspecified atom stereocenters. The molecule has 0 aromatic heterocycles. The molecule has 1 amide bonds. The van der Waals surface area contributed by atoms with Crippen LogP contribution in [0.5, 0.6) is 0 Å². The molecule has 0 aromatic carbocycles. The van der Waals surface area contributed by atoms with E-state index in [1.165, 1.54) is 0 Å². The van der Waals surface area contributed by atoms with Gasteiger partial charge in [-0.3, -0.25) is 4.79 Å². The maximum absolute atomic E-state index is 11.0. The van der Waals surface area contributed by atoms with Crippen molar-refractivity contribution < 1.29 is 9.90 Å². The van der Waals surface area contributed by atoms with Gasteiger partial charge < -0.3 is 16.6 Å². The third kappa shape index (κ3) is 1.44. The van der Waals surface area contributed by atoms with E-state index in [9.17, 15) is 9.90 Å². The Labute approximate surface area is 71.9 Å². The smallest absolute Gasteiger partial charge is 0.225 e. The van der Waals surface area contributed by atoms with Gasteiger partial charge in [0, 0.05) is 6.04 Å². The zero-order valence-electron chi connectivity index (χ0n) is 7.29. The van der Waals surface area contributed by atoms with Crippen LogP contribution in [0.15, 0.2) is 0 Å². The van der Waals surface area contributed by atoms with Crippen LogP contribution in [0.25, 0.3) is 0 Å². The second-order valence-electron chi connectivity index (χ2n) is 3.70. The zero-order chi connectivity index (χ0) is 9.35. The first-order chi connectivity index (χ1) is 5.47. The van der Waals surface area contributed by atoms with Gasteiger partial charge in [0.05, 0.1) is 11.5 Å². The van der Waals surface area contributed by atoms with Crippen LogP contribution in [0.3, 0.4) is 0 Å². The lowest BCUT2D eigenvalue weighted by Gasteiger charge is -2.43. The quantitative estimate of drug-likeness (QED) is 0.528. The molecule has 0 radical (unpaired) electrons. The molecule has 2 atom stereocenters. The van der Waals surface area contributed by atoms with Crippen LogP contribution in [-0.4, -0.2) is 22.7 Å². The summed E-state index contributed by atoms with van der Waals surface area (Å²) < 4.78 is 0. The summed E-state index contributed by atoms with van der Waals surface area (Å²) in [6, 6.07) is -0.368. The van der Waals surface area contributed by atoms with Crippen LogP contribution in [-0.2, 0) is 4.79 Å². The van der Waals surface area contributed by atoms with Crippen LogP contribution < -0.4 is 11.5 Å². The molecule has 4 nitrogen and oxygen atoms in total. The third-order valence-electron chi connectivity index (χ3n) is 2.63. The Hall–Kier alpha value is -0.610. The minimum absolute atomic E-state index is 0.368. The van der Waals surface area contributed by atoms with E-state index in [0.717, 1.165) is 6.42 Å². The summed E-state index contributed by atoms with van der Waals surface area (Å²) in [5.41, 5.74) is 9.81. The topological polar surface area (TPSA) is 89.3 Å².